The summed E-state index contributed by atoms with van der Waals surface area (Å²) in [7, 11) is 0. The lowest BCUT2D eigenvalue weighted by Crippen LogP contribution is -2.51. The Kier molecular flexibility index (Phi) is 4.16. The van der Waals surface area contributed by atoms with E-state index in [1.54, 1.807) is 0 Å². The standard InChI is InChI=1S/C19H21NO3/c1-4-8-20-9-7-14-10-17-18(23-13-22-17)11-16(14)19(20,6-3)12-15(21)5-2/h3-5,10-11,15,21H,1-2,7-9,12-13H2. The Hall–Kier alpha value is -2.22. The summed E-state index contributed by atoms with van der Waals surface area (Å²) >= 11 is 0. The summed E-state index contributed by atoms with van der Waals surface area (Å²) in [5.74, 6) is 4.40. The zero-order valence-corrected chi connectivity index (χ0v) is 13.1. The summed E-state index contributed by atoms with van der Waals surface area (Å²) in [4.78, 5) is 2.18. The first-order valence-electron chi connectivity index (χ1n) is 7.72. The van der Waals surface area contributed by atoms with Gasteiger partial charge in [0.1, 0.15) is 5.54 Å². The van der Waals surface area contributed by atoms with Crippen molar-refractivity contribution >= 4 is 0 Å². The van der Waals surface area contributed by atoms with Crippen LogP contribution in [0.15, 0.2) is 37.4 Å². The Morgan fingerprint density at radius 3 is 2.78 bits per heavy atom. The average molecular weight is 311 g/mol. The Morgan fingerprint density at radius 2 is 2.13 bits per heavy atom. The average Bonchev–Trinajstić information content (AvgIpc) is 3.02. The minimum atomic E-state index is -0.712. The molecule has 0 saturated carbocycles. The molecule has 1 N–H and O–H groups in total. The predicted octanol–water partition coefficient (Wildman–Crippen LogP) is 2.22. The molecule has 4 nitrogen and oxygen atoms in total. The molecule has 0 amide bonds. The lowest BCUT2D eigenvalue weighted by Gasteiger charge is -2.45. The first-order valence-corrected chi connectivity index (χ1v) is 7.72. The van der Waals surface area contributed by atoms with Gasteiger partial charge in [0.25, 0.3) is 0 Å². The van der Waals surface area contributed by atoms with Crippen LogP contribution in [-0.4, -0.2) is 36.0 Å². The van der Waals surface area contributed by atoms with Crippen molar-refractivity contribution in [1.82, 2.24) is 4.90 Å². The highest BCUT2D eigenvalue weighted by molar-refractivity contribution is 5.54. The molecule has 2 aliphatic heterocycles. The van der Waals surface area contributed by atoms with Crippen molar-refractivity contribution in [3.8, 4) is 23.8 Å². The number of ether oxygens (including phenoxy) is 2. The normalized spacial score (nSPS) is 23.7. The van der Waals surface area contributed by atoms with Gasteiger partial charge in [-0.2, -0.15) is 0 Å². The van der Waals surface area contributed by atoms with Gasteiger partial charge >= 0.3 is 0 Å². The molecule has 2 heterocycles. The molecule has 4 heteroatoms. The Morgan fingerprint density at radius 1 is 1.39 bits per heavy atom. The number of hydrogen-bond donors (Lipinski definition) is 1. The van der Waals surface area contributed by atoms with Gasteiger partial charge in [-0.1, -0.05) is 18.1 Å². The number of benzene rings is 1. The SMILES string of the molecule is C#CC1(CC(O)C=C)c2cc3c(cc2CCN1CC=C)OCO3. The van der Waals surface area contributed by atoms with Gasteiger partial charge in [-0.3, -0.25) is 4.90 Å². The first-order chi connectivity index (χ1) is 11.1. The molecule has 2 atom stereocenters. The maximum Gasteiger partial charge on any atom is 0.231 e. The molecule has 0 fully saturated rings. The zero-order chi connectivity index (χ0) is 16.4. The Bertz CT molecular complexity index is 676. The van der Waals surface area contributed by atoms with E-state index in [-0.39, 0.29) is 6.79 Å². The maximum absolute atomic E-state index is 10.2. The monoisotopic (exact) mass is 311 g/mol. The van der Waals surface area contributed by atoms with Gasteiger partial charge in [0, 0.05) is 19.5 Å². The van der Waals surface area contributed by atoms with Gasteiger partial charge in [-0.15, -0.1) is 19.6 Å². The first kappa shape index (κ1) is 15.7. The van der Waals surface area contributed by atoms with E-state index in [0.29, 0.717) is 18.7 Å². The molecule has 0 spiro atoms. The van der Waals surface area contributed by atoms with E-state index in [9.17, 15) is 5.11 Å². The highest BCUT2D eigenvalue weighted by Gasteiger charge is 2.43. The fourth-order valence-electron chi connectivity index (χ4n) is 3.45. The quantitative estimate of drug-likeness (QED) is 0.669. The summed E-state index contributed by atoms with van der Waals surface area (Å²) in [5.41, 5.74) is 1.43. The van der Waals surface area contributed by atoms with Crippen LogP contribution in [0.5, 0.6) is 11.5 Å². The van der Waals surface area contributed by atoms with Gasteiger partial charge in [0.2, 0.25) is 6.79 Å². The Balaban J connectivity index is 2.14. The predicted molar refractivity (Wildman–Crippen MR) is 89.4 cm³/mol. The van der Waals surface area contributed by atoms with E-state index in [2.05, 4.69) is 24.0 Å². The molecule has 0 bridgehead atoms. The number of aliphatic hydroxyl groups excluding tert-OH is 1. The van der Waals surface area contributed by atoms with Crippen molar-refractivity contribution < 1.29 is 14.6 Å². The lowest BCUT2D eigenvalue weighted by molar-refractivity contribution is 0.0829. The molecule has 1 aromatic carbocycles. The van der Waals surface area contributed by atoms with Crippen molar-refractivity contribution in [3.05, 3.63) is 48.6 Å². The van der Waals surface area contributed by atoms with Gasteiger partial charge in [0.15, 0.2) is 11.5 Å². The molecule has 23 heavy (non-hydrogen) atoms. The lowest BCUT2D eigenvalue weighted by atomic mass is 9.77. The van der Waals surface area contributed by atoms with Crippen LogP contribution in [0.4, 0.5) is 0 Å². The second-order valence-electron chi connectivity index (χ2n) is 5.86. The smallest absolute Gasteiger partial charge is 0.231 e. The van der Waals surface area contributed by atoms with Crippen LogP contribution in [0.3, 0.4) is 0 Å². The second kappa shape index (κ2) is 6.11. The van der Waals surface area contributed by atoms with Gasteiger partial charge in [0.05, 0.1) is 6.10 Å². The topological polar surface area (TPSA) is 41.9 Å². The highest BCUT2D eigenvalue weighted by Crippen LogP contribution is 2.45. The van der Waals surface area contributed by atoms with E-state index in [1.807, 2.05) is 18.2 Å². The second-order valence-corrected chi connectivity index (χ2v) is 5.86. The minimum Gasteiger partial charge on any atom is -0.454 e. The molecule has 0 saturated heterocycles. The van der Waals surface area contributed by atoms with Crippen LogP contribution in [0.25, 0.3) is 0 Å². The van der Waals surface area contributed by atoms with E-state index < -0.39 is 11.6 Å². The molecule has 0 aliphatic carbocycles. The molecular weight excluding hydrogens is 290 g/mol. The third-order valence-electron chi connectivity index (χ3n) is 4.60. The number of rotatable bonds is 5. The molecule has 0 radical (unpaired) electrons. The number of terminal acetylenes is 1. The van der Waals surface area contributed by atoms with Crippen LogP contribution in [-0.2, 0) is 12.0 Å². The molecular formula is C19H21NO3. The van der Waals surface area contributed by atoms with E-state index >= 15 is 0 Å². The van der Waals surface area contributed by atoms with Crippen molar-refractivity contribution in [3.63, 3.8) is 0 Å². The number of nitrogens with zero attached hydrogens (tertiary/aromatic N) is 1. The van der Waals surface area contributed by atoms with Crippen molar-refractivity contribution in [2.45, 2.75) is 24.5 Å². The summed E-state index contributed by atoms with van der Waals surface area (Å²) < 4.78 is 11.0. The third kappa shape index (κ3) is 2.52. The largest absolute Gasteiger partial charge is 0.454 e. The maximum atomic E-state index is 10.2. The highest BCUT2D eigenvalue weighted by atomic mass is 16.7. The van der Waals surface area contributed by atoms with E-state index in [4.69, 9.17) is 15.9 Å². The third-order valence-corrected chi connectivity index (χ3v) is 4.60. The summed E-state index contributed by atoms with van der Waals surface area (Å²) in [5, 5.41) is 10.2. The van der Waals surface area contributed by atoms with E-state index in [0.717, 1.165) is 29.8 Å². The summed E-state index contributed by atoms with van der Waals surface area (Å²) in [6.45, 7) is 9.19. The van der Waals surface area contributed by atoms with Crippen LogP contribution >= 0.6 is 0 Å². The molecule has 1 aromatic rings. The number of fused-ring (bicyclic) bond motifs is 2. The fraction of sp³-hybridized carbons (Fsp3) is 0.368. The van der Waals surface area contributed by atoms with Gasteiger partial charge in [-0.25, -0.2) is 0 Å². The van der Waals surface area contributed by atoms with Crippen LogP contribution in [0.2, 0.25) is 0 Å². The summed E-state index contributed by atoms with van der Waals surface area (Å²) in [6.07, 6.45) is 9.90. The molecule has 2 aliphatic rings. The van der Waals surface area contributed by atoms with E-state index in [1.165, 1.54) is 6.08 Å². The zero-order valence-electron chi connectivity index (χ0n) is 13.1. The van der Waals surface area contributed by atoms with Crippen molar-refractivity contribution in [2.24, 2.45) is 0 Å². The molecule has 0 aromatic heterocycles. The van der Waals surface area contributed by atoms with Crippen LogP contribution < -0.4 is 9.47 Å². The minimum absolute atomic E-state index is 0.229. The fourth-order valence-corrected chi connectivity index (χ4v) is 3.45. The number of hydrogen-bond acceptors (Lipinski definition) is 4. The number of aliphatic hydroxyl groups is 1. The van der Waals surface area contributed by atoms with Crippen molar-refractivity contribution in [1.29, 1.82) is 0 Å². The molecule has 120 valence electrons. The Labute approximate surface area is 137 Å². The summed E-state index contributed by atoms with van der Waals surface area (Å²) in [6, 6.07) is 3.97. The van der Waals surface area contributed by atoms with Gasteiger partial charge in [-0.05, 0) is 29.7 Å². The van der Waals surface area contributed by atoms with Crippen molar-refractivity contribution in [2.75, 3.05) is 19.9 Å². The van der Waals surface area contributed by atoms with Gasteiger partial charge < -0.3 is 14.6 Å². The van der Waals surface area contributed by atoms with Crippen LogP contribution in [0, 0.1) is 12.3 Å². The van der Waals surface area contributed by atoms with Crippen LogP contribution in [0.1, 0.15) is 17.5 Å². The molecule has 2 unspecified atom stereocenters. The molecule has 3 rings (SSSR count).